The van der Waals surface area contributed by atoms with Crippen LogP contribution >= 0.6 is 0 Å². The van der Waals surface area contributed by atoms with Gasteiger partial charge in [0.15, 0.2) is 0 Å². The molecular formula is C15H22N2O4. The van der Waals surface area contributed by atoms with Crippen molar-refractivity contribution in [2.24, 2.45) is 0 Å². The van der Waals surface area contributed by atoms with Crippen molar-refractivity contribution in [1.82, 2.24) is 5.32 Å². The quantitative estimate of drug-likeness (QED) is 0.840. The summed E-state index contributed by atoms with van der Waals surface area (Å²) in [6, 6.07) is 5.53. The summed E-state index contributed by atoms with van der Waals surface area (Å²) in [7, 11) is 3.10. The summed E-state index contributed by atoms with van der Waals surface area (Å²) in [5.74, 6) is -0.959. The molecule has 0 heterocycles. The zero-order valence-electron chi connectivity index (χ0n) is 12.8. The minimum atomic E-state index is -0.959. The summed E-state index contributed by atoms with van der Waals surface area (Å²) in [6.45, 7) is 4.08. The molecule has 6 heteroatoms. The second-order valence-corrected chi connectivity index (χ2v) is 4.99. The first-order valence-electron chi connectivity index (χ1n) is 6.68. The molecule has 1 rings (SSSR count). The van der Waals surface area contributed by atoms with Gasteiger partial charge in [0, 0.05) is 26.4 Å². The number of hydrogen-bond donors (Lipinski definition) is 2. The van der Waals surface area contributed by atoms with Crippen molar-refractivity contribution in [3.63, 3.8) is 0 Å². The molecular weight excluding hydrogens is 272 g/mol. The van der Waals surface area contributed by atoms with Crippen LogP contribution in [-0.2, 0) is 9.53 Å². The summed E-state index contributed by atoms with van der Waals surface area (Å²) in [4.78, 5) is 24.2. The Morgan fingerprint density at radius 2 is 2.05 bits per heavy atom. The van der Waals surface area contributed by atoms with Crippen LogP contribution in [0.15, 0.2) is 18.2 Å². The molecule has 21 heavy (non-hydrogen) atoms. The van der Waals surface area contributed by atoms with Crippen molar-refractivity contribution < 1.29 is 19.4 Å². The van der Waals surface area contributed by atoms with Crippen molar-refractivity contribution in [3.05, 3.63) is 29.3 Å². The highest BCUT2D eigenvalue weighted by atomic mass is 16.5. The third kappa shape index (κ3) is 5.07. The topological polar surface area (TPSA) is 78.9 Å². The zero-order chi connectivity index (χ0) is 16.0. The van der Waals surface area contributed by atoms with E-state index in [0.717, 1.165) is 16.8 Å². The van der Waals surface area contributed by atoms with Gasteiger partial charge >= 0.3 is 12.0 Å². The van der Waals surface area contributed by atoms with Crippen LogP contribution in [0.25, 0.3) is 0 Å². The SMILES string of the molecule is COC(CNC(=O)N(C)c1ccc(C)cc1C)CC(=O)O. The fraction of sp³-hybridized carbons (Fsp3) is 0.467. The summed E-state index contributed by atoms with van der Waals surface area (Å²) in [6.07, 6.45) is -0.691. The fourth-order valence-corrected chi connectivity index (χ4v) is 2.04. The lowest BCUT2D eigenvalue weighted by Crippen LogP contribution is -2.42. The van der Waals surface area contributed by atoms with E-state index in [-0.39, 0.29) is 19.0 Å². The number of carboxylic acids is 1. The van der Waals surface area contributed by atoms with Gasteiger partial charge in [0.05, 0.1) is 12.5 Å². The minimum Gasteiger partial charge on any atom is -0.481 e. The molecule has 0 spiro atoms. The molecule has 0 aromatic heterocycles. The van der Waals surface area contributed by atoms with Crippen molar-refractivity contribution in [2.75, 3.05) is 25.6 Å². The molecule has 0 radical (unpaired) electrons. The molecule has 116 valence electrons. The number of carbonyl (C=O) groups is 2. The summed E-state index contributed by atoms with van der Waals surface area (Å²) in [5, 5.41) is 11.4. The number of hydrogen-bond acceptors (Lipinski definition) is 3. The van der Waals surface area contributed by atoms with Crippen LogP contribution in [0.2, 0.25) is 0 Å². The second kappa shape index (κ2) is 7.64. The van der Waals surface area contributed by atoms with Gasteiger partial charge in [0.1, 0.15) is 0 Å². The summed E-state index contributed by atoms with van der Waals surface area (Å²) < 4.78 is 5.02. The third-order valence-electron chi connectivity index (χ3n) is 3.23. The average Bonchev–Trinajstić information content (AvgIpc) is 2.42. The van der Waals surface area contributed by atoms with E-state index in [9.17, 15) is 9.59 Å². The molecule has 0 fully saturated rings. The molecule has 1 aromatic carbocycles. The van der Waals surface area contributed by atoms with Gasteiger partial charge in [-0.1, -0.05) is 17.7 Å². The Morgan fingerprint density at radius 1 is 1.38 bits per heavy atom. The van der Waals surface area contributed by atoms with Gasteiger partial charge in [0.25, 0.3) is 0 Å². The molecule has 0 saturated carbocycles. The average molecular weight is 294 g/mol. The lowest BCUT2D eigenvalue weighted by molar-refractivity contribution is -0.139. The highest BCUT2D eigenvalue weighted by Crippen LogP contribution is 2.19. The Labute approximate surface area is 124 Å². The predicted octanol–water partition coefficient (Wildman–Crippen LogP) is 1.94. The molecule has 2 N–H and O–H groups in total. The number of anilines is 1. The first kappa shape index (κ1) is 17.0. The van der Waals surface area contributed by atoms with Gasteiger partial charge in [-0.15, -0.1) is 0 Å². The van der Waals surface area contributed by atoms with Crippen LogP contribution < -0.4 is 10.2 Å². The molecule has 0 bridgehead atoms. The maximum atomic E-state index is 12.1. The Bertz CT molecular complexity index is 516. The summed E-state index contributed by atoms with van der Waals surface area (Å²) in [5.41, 5.74) is 2.94. The van der Waals surface area contributed by atoms with Crippen molar-refractivity contribution in [3.8, 4) is 0 Å². The number of ether oxygens (including phenoxy) is 1. The van der Waals surface area contributed by atoms with Crippen LogP contribution in [0.1, 0.15) is 17.5 Å². The van der Waals surface area contributed by atoms with Gasteiger partial charge in [0.2, 0.25) is 0 Å². The number of carboxylic acid groups (broad SMARTS) is 1. The first-order valence-corrected chi connectivity index (χ1v) is 6.68. The smallest absolute Gasteiger partial charge is 0.321 e. The maximum Gasteiger partial charge on any atom is 0.321 e. The van der Waals surface area contributed by atoms with Gasteiger partial charge in [-0.3, -0.25) is 9.69 Å². The van der Waals surface area contributed by atoms with E-state index >= 15 is 0 Å². The number of nitrogens with zero attached hydrogens (tertiary/aromatic N) is 1. The van der Waals surface area contributed by atoms with Gasteiger partial charge in [-0.05, 0) is 25.5 Å². The van der Waals surface area contributed by atoms with Crippen LogP contribution in [0.5, 0.6) is 0 Å². The highest BCUT2D eigenvalue weighted by molar-refractivity contribution is 5.92. The standard InChI is InChI=1S/C15H22N2O4/c1-10-5-6-13(11(2)7-10)17(3)15(20)16-9-12(21-4)8-14(18)19/h5-7,12H,8-9H2,1-4H3,(H,16,20)(H,18,19). The lowest BCUT2D eigenvalue weighted by atomic mass is 10.1. The third-order valence-corrected chi connectivity index (χ3v) is 3.23. The Hall–Kier alpha value is -2.08. The highest BCUT2D eigenvalue weighted by Gasteiger charge is 2.17. The number of carbonyl (C=O) groups excluding carboxylic acids is 1. The lowest BCUT2D eigenvalue weighted by Gasteiger charge is -2.22. The number of amides is 2. The van der Waals surface area contributed by atoms with E-state index in [4.69, 9.17) is 9.84 Å². The first-order chi connectivity index (χ1) is 9.85. The summed E-state index contributed by atoms with van der Waals surface area (Å²) >= 11 is 0. The Balaban J connectivity index is 2.64. The molecule has 0 aliphatic rings. The normalized spacial score (nSPS) is 11.8. The van der Waals surface area contributed by atoms with E-state index in [1.807, 2.05) is 32.0 Å². The van der Waals surface area contributed by atoms with E-state index in [0.29, 0.717) is 0 Å². The molecule has 1 atom stereocenters. The molecule has 1 unspecified atom stereocenters. The molecule has 0 aliphatic carbocycles. The van der Waals surface area contributed by atoms with Crippen LogP contribution in [0.4, 0.5) is 10.5 Å². The van der Waals surface area contributed by atoms with Crippen molar-refractivity contribution >= 4 is 17.7 Å². The van der Waals surface area contributed by atoms with Crippen LogP contribution in [0.3, 0.4) is 0 Å². The maximum absolute atomic E-state index is 12.1. The number of rotatable bonds is 6. The van der Waals surface area contributed by atoms with Crippen molar-refractivity contribution in [2.45, 2.75) is 26.4 Å². The number of benzene rings is 1. The molecule has 0 saturated heterocycles. The predicted molar refractivity (Wildman–Crippen MR) is 80.8 cm³/mol. The molecule has 0 aliphatic heterocycles. The largest absolute Gasteiger partial charge is 0.481 e. The zero-order valence-corrected chi connectivity index (χ0v) is 12.8. The minimum absolute atomic E-state index is 0.149. The number of methoxy groups -OCH3 is 1. The fourth-order valence-electron chi connectivity index (χ4n) is 2.04. The molecule has 2 amide bonds. The van der Waals surface area contributed by atoms with E-state index in [1.165, 1.54) is 12.0 Å². The number of urea groups is 1. The Morgan fingerprint density at radius 3 is 2.57 bits per heavy atom. The number of nitrogens with one attached hydrogen (secondary N) is 1. The Kier molecular flexibility index (Phi) is 6.17. The molecule has 6 nitrogen and oxygen atoms in total. The van der Waals surface area contributed by atoms with Crippen molar-refractivity contribution in [1.29, 1.82) is 0 Å². The number of aliphatic carboxylic acids is 1. The van der Waals surface area contributed by atoms with Crippen LogP contribution in [0, 0.1) is 13.8 Å². The molecule has 1 aromatic rings. The monoisotopic (exact) mass is 294 g/mol. The van der Waals surface area contributed by atoms with Gasteiger partial charge < -0.3 is 15.2 Å². The van der Waals surface area contributed by atoms with E-state index in [2.05, 4.69) is 5.32 Å². The number of aryl methyl sites for hydroxylation is 2. The van der Waals surface area contributed by atoms with E-state index in [1.54, 1.807) is 7.05 Å². The van der Waals surface area contributed by atoms with Gasteiger partial charge in [-0.25, -0.2) is 4.79 Å². The second-order valence-electron chi connectivity index (χ2n) is 4.99. The van der Waals surface area contributed by atoms with E-state index < -0.39 is 12.1 Å². The van der Waals surface area contributed by atoms with Gasteiger partial charge in [-0.2, -0.15) is 0 Å². The van der Waals surface area contributed by atoms with Crippen LogP contribution in [-0.4, -0.2) is 43.9 Å².